The Balaban J connectivity index is 1.44. The molecule has 27 heavy (non-hydrogen) atoms. The molecule has 2 amide bonds. The van der Waals surface area contributed by atoms with Crippen LogP contribution in [0.3, 0.4) is 0 Å². The molecule has 0 unspecified atom stereocenters. The summed E-state index contributed by atoms with van der Waals surface area (Å²) in [6.07, 6.45) is 4.85. The van der Waals surface area contributed by atoms with Crippen molar-refractivity contribution in [3.63, 3.8) is 0 Å². The number of carbonyl (C=O) groups is 2. The summed E-state index contributed by atoms with van der Waals surface area (Å²) >= 11 is 0. The van der Waals surface area contributed by atoms with Crippen molar-refractivity contribution in [2.45, 2.75) is 38.1 Å². The first kappa shape index (κ1) is 17.8. The molecule has 2 fully saturated rings. The Hall–Kier alpha value is -2.63. The maximum Gasteiger partial charge on any atom is 0.229 e. The number of nitrogens with zero attached hydrogens (tertiary/aromatic N) is 3. The van der Waals surface area contributed by atoms with E-state index in [2.05, 4.69) is 10.3 Å². The molecule has 2 heterocycles. The smallest absolute Gasteiger partial charge is 0.229 e. The van der Waals surface area contributed by atoms with Crippen LogP contribution in [0.4, 0.5) is 11.5 Å². The first-order valence-electron chi connectivity index (χ1n) is 9.70. The topological polar surface area (TPSA) is 65.5 Å². The number of amides is 2. The van der Waals surface area contributed by atoms with E-state index in [4.69, 9.17) is 0 Å². The van der Waals surface area contributed by atoms with E-state index >= 15 is 0 Å². The zero-order chi connectivity index (χ0) is 19.0. The second kappa shape index (κ2) is 7.18. The van der Waals surface area contributed by atoms with Gasteiger partial charge in [0, 0.05) is 44.2 Å². The second-order valence-electron chi connectivity index (χ2n) is 7.85. The summed E-state index contributed by atoms with van der Waals surface area (Å²) in [4.78, 5) is 33.5. The molecule has 2 aromatic rings. The SMILES string of the molecule is CN(C)c1ccc2cc(NC(=O)[C@H]3CC(=O)N(C4CCCC4)C3)ccc2n1. The third-order valence-electron chi connectivity index (χ3n) is 5.69. The molecule has 1 aromatic heterocycles. The lowest BCUT2D eigenvalue weighted by Gasteiger charge is -2.23. The first-order chi connectivity index (χ1) is 13.0. The molecule has 1 aliphatic heterocycles. The van der Waals surface area contributed by atoms with Crippen LogP contribution in [-0.4, -0.2) is 48.4 Å². The Kier molecular flexibility index (Phi) is 4.72. The average molecular weight is 366 g/mol. The Morgan fingerprint density at radius 2 is 1.96 bits per heavy atom. The molecule has 1 saturated carbocycles. The Labute approximate surface area is 159 Å². The molecule has 1 saturated heterocycles. The van der Waals surface area contributed by atoms with Gasteiger partial charge in [-0.25, -0.2) is 4.98 Å². The monoisotopic (exact) mass is 366 g/mol. The zero-order valence-electron chi connectivity index (χ0n) is 15.9. The van der Waals surface area contributed by atoms with Crippen molar-refractivity contribution in [2.24, 2.45) is 5.92 Å². The molecule has 2 aliphatic rings. The molecular weight excluding hydrogens is 340 g/mol. The van der Waals surface area contributed by atoms with Gasteiger partial charge in [0.1, 0.15) is 5.82 Å². The van der Waals surface area contributed by atoms with Crippen LogP contribution in [0.1, 0.15) is 32.1 Å². The van der Waals surface area contributed by atoms with Gasteiger partial charge >= 0.3 is 0 Å². The van der Waals surface area contributed by atoms with Gasteiger partial charge in [0.25, 0.3) is 0 Å². The van der Waals surface area contributed by atoms with E-state index in [1.165, 1.54) is 12.8 Å². The van der Waals surface area contributed by atoms with E-state index in [9.17, 15) is 9.59 Å². The molecule has 1 aliphatic carbocycles. The van der Waals surface area contributed by atoms with E-state index in [1.807, 2.05) is 54.2 Å². The fourth-order valence-electron chi connectivity index (χ4n) is 4.16. The van der Waals surface area contributed by atoms with Gasteiger partial charge in [-0.15, -0.1) is 0 Å². The number of hydrogen-bond donors (Lipinski definition) is 1. The minimum atomic E-state index is -0.261. The van der Waals surface area contributed by atoms with Crippen molar-refractivity contribution in [3.05, 3.63) is 30.3 Å². The molecule has 142 valence electrons. The van der Waals surface area contributed by atoms with Gasteiger partial charge in [-0.2, -0.15) is 0 Å². The van der Waals surface area contributed by atoms with Crippen LogP contribution < -0.4 is 10.2 Å². The normalized spacial score (nSPS) is 20.4. The van der Waals surface area contributed by atoms with Crippen LogP contribution in [0.25, 0.3) is 10.9 Å². The number of pyridine rings is 1. The summed E-state index contributed by atoms with van der Waals surface area (Å²) in [5.74, 6) is 0.695. The summed E-state index contributed by atoms with van der Waals surface area (Å²) in [5, 5.41) is 3.97. The largest absolute Gasteiger partial charge is 0.363 e. The van der Waals surface area contributed by atoms with Crippen molar-refractivity contribution in [1.29, 1.82) is 0 Å². The molecule has 0 spiro atoms. The van der Waals surface area contributed by atoms with E-state index in [0.29, 0.717) is 19.0 Å². The molecule has 0 bridgehead atoms. The molecule has 0 radical (unpaired) electrons. The van der Waals surface area contributed by atoms with Crippen molar-refractivity contribution in [1.82, 2.24) is 9.88 Å². The van der Waals surface area contributed by atoms with Crippen molar-refractivity contribution in [2.75, 3.05) is 30.9 Å². The molecule has 1 N–H and O–H groups in total. The predicted octanol–water partition coefficient (Wildman–Crippen LogP) is 3.03. The third kappa shape index (κ3) is 3.61. The number of benzene rings is 1. The van der Waals surface area contributed by atoms with Gasteiger partial charge in [0.2, 0.25) is 11.8 Å². The van der Waals surface area contributed by atoms with Gasteiger partial charge in [-0.05, 0) is 43.2 Å². The Morgan fingerprint density at radius 1 is 1.19 bits per heavy atom. The van der Waals surface area contributed by atoms with Gasteiger partial charge in [0.15, 0.2) is 0 Å². The number of fused-ring (bicyclic) bond motifs is 1. The number of aromatic nitrogens is 1. The van der Waals surface area contributed by atoms with Crippen molar-refractivity contribution >= 4 is 34.2 Å². The number of likely N-dealkylation sites (tertiary alicyclic amines) is 1. The molecular formula is C21H26N4O2. The van der Waals surface area contributed by atoms with Gasteiger partial charge in [0.05, 0.1) is 11.4 Å². The molecule has 1 atom stereocenters. The molecule has 6 nitrogen and oxygen atoms in total. The maximum atomic E-state index is 12.7. The lowest BCUT2D eigenvalue weighted by molar-refractivity contribution is -0.129. The van der Waals surface area contributed by atoms with Gasteiger partial charge < -0.3 is 15.1 Å². The van der Waals surface area contributed by atoms with Crippen LogP contribution >= 0.6 is 0 Å². The average Bonchev–Trinajstić information content (AvgIpc) is 3.30. The summed E-state index contributed by atoms with van der Waals surface area (Å²) in [6, 6.07) is 10.0. The summed E-state index contributed by atoms with van der Waals surface area (Å²) in [6.45, 7) is 0.552. The summed E-state index contributed by atoms with van der Waals surface area (Å²) < 4.78 is 0. The fraction of sp³-hybridized carbons (Fsp3) is 0.476. The number of anilines is 2. The number of hydrogen-bond acceptors (Lipinski definition) is 4. The number of rotatable bonds is 4. The highest BCUT2D eigenvalue weighted by atomic mass is 16.2. The summed E-state index contributed by atoms with van der Waals surface area (Å²) in [7, 11) is 3.92. The minimum Gasteiger partial charge on any atom is -0.363 e. The molecule has 4 rings (SSSR count). The van der Waals surface area contributed by atoms with E-state index < -0.39 is 0 Å². The lowest BCUT2D eigenvalue weighted by Crippen LogP contribution is -2.35. The predicted molar refractivity (Wildman–Crippen MR) is 107 cm³/mol. The molecule has 6 heteroatoms. The van der Waals surface area contributed by atoms with Crippen molar-refractivity contribution in [3.8, 4) is 0 Å². The highest BCUT2D eigenvalue weighted by molar-refractivity contribution is 5.98. The number of carbonyl (C=O) groups excluding carboxylic acids is 2. The van der Waals surface area contributed by atoms with E-state index in [0.717, 1.165) is 35.2 Å². The van der Waals surface area contributed by atoms with Crippen LogP contribution in [0.5, 0.6) is 0 Å². The fourth-order valence-corrected chi connectivity index (χ4v) is 4.16. The van der Waals surface area contributed by atoms with Crippen molar-refractivity contribution < 1.29 is 9.59 Å². The van der Waals surface area contributed by atoms with Crippen LogP contribution in [-0.2, 0) is 9.59 Å². The highest BCUT2D eigenvalue weighted by Gasteiger charge is 2.38. The second-order valence-corrected chi connectivity index (χ2v) is 7.85. The van der Waals surface area contributed by atoms with Crippen LogP contribution in [0.2, 0.25) is 0 Å². The standard InChI is InChI=1S/C21H26N4O2/c1-24(2)19-10-7-14-11-16(8-9-18(14)23-19)22-21(27)15-12-20(26)25(13-15)17-5-3-4-6-17/h7-11,15,17H,3-6,12-13H2,1-2H3,(H,22,27)/t15-/m0/s1. The Morgan fingerprint density at radius 3 is 2.70 bits per heavy atom. The van der Waals surface area contributed by atoms with Crippen LogP contribution in [0.15, 0.2) is 30.3 Å². The van der Waals surface area contributed by atoms with Gasteiger partial charge in [-0.1, -0.05) is 12.8 Å². The quantitative estimate of drug-likeness (QED) is 0.903. The highest BCUT2D eigenvalue weighted by Crippen LogP contribution is 2.30. The maximum absolute atomic E-state index is 12.7. The minimum absolute atomic E-state index is 0.0685. The lowest BCUT2D eigenvalue weighted by atomic mass is 10.1. The first-order valence-corrected chi connectivity index (χ1v) is 9.70. The zero-order valence-corrected chi connectivity index (χ0v) is 15.9. The van der Waals surface area contributed by atoms with E-state index in [-0.39, 0.29) is 17.7 Å². The number of nitrogens with one attached hydrogen (secondary N) is 1. The summed E-state index contributed by atoms with van der Waals surface area (Å²) in [5.41, 5.74) is 1.64. The van der Waals surface area contributed by atoms with Gasteiger partial charge in [-0.3, -0.25) is 9.59 Å². The third-order valence-corrected chi connectivity index (χ3v) is 5.69. The van der Waals surface area contributed by atoms with E-state index in [1.54, 1.807) is 0 Å². The van der Waals surface area contributed by atoms with Crippen LogP contribution in [0, 0.1) is 5.92 Å². The Bertz CT molecular complexity index is 874. The molecule has 1 aromatic carbocycles.